The smallest absolute Gasteiger partial charge is 0.323 e. The van der Waals surface area contributed by atoms with Gasteiger partial charge in [0.25, 0.3) is 5.56 Å². The Balaban J connectivity index is 1.81. The van der Waals surface area contributed by atoms with E-state index in [9.17, 15) is 9.59 Å². The zero-order chi connectivity index (χ0) is 15.0. The molecule has 0 bridgehead atoms. The van der Waals surface area contributed by atoms with Crippen molar-refractivity contribution in [3.8, 4) is 0 Å². The van der Waals surface area contributed by atoms with E-state index < -0.39 is 0 Å². The van der Waals surface area contributed by atoms with Gasteiger partial charge in [-0.15, -0.1) is 0 Å². The highest BCUT2D eigenvalue weighted by atomic mass is 16.6. The van der Waals surface area contributed by atoms with Gasteiger partial charge in [-0.1, -0.05) is 6.92 Å². The highest BCUT2D eigenvalue weighted by Gasteiger charge is 2.37. The van der Waals surface area contributed by atoms with E-state index in [1.807, 2.05) is 13.8 Å². The van der Waals surface area contributed by atoms with Crippen LogP contribution in [0.2, 0.25) is 0 Å². The fraction of sp³-hybridized carbons (Fsp3) is 0.667. The molecule has 0 saturated carbocycles. The second-order valence-corrected chi connectivity index (χ2v) is 5.90. The molecule has 0 N–H and O–H groups in total. The first kappa shape index (κ1) is 14.3. The van der Waals surface area contributed by atoms with Gasteiger partial charge in [-0.05, 0) is 18.9 Å². The number of nitrogens with zero attached hydrogens (tertiary/aromatic N) is 3. The Bertz CT molecular complexity index is 611. The molecule has 1 aromatic heterocycles. The number of rotatable bonds is 3. The number of hydrogen-bond acceptors (Lipinski definition) is 5. The molecule has 6 heteroatoms. The maximum atomic E-state index is 12.0. The summed E-state index contributed by atoms with van der Waals surface area (Å²) in [6, 6.07) is 1.50. The van der Waals surface area contributed by atoms with Gasteiger partial charge in [0.05, 0.1) is 5.69 Å². The van der Waals surface area contributed by atoms with Crippen LogP contribution in [0.3, 0.4) is 0 Å². The second-order valence-electron chi connectivity index (χ2n) is 5.90. The summed E-state index contributed by atoms with van der Waals surface area (Å²) in [5.74, 6) is -0.141. The van der Waals surface area contributed by atoms with Crippen molar-refractivity contribution >= 4 is 5.97 Å². The number of ether oxygens (including phenoxy) is 1. The summed E-state index contributed by atoms with van der Waals surface area (Å²) in [6.45, 7) is 6.00. The third-order valence-electron chi connectivity index (χ3n) is 4.19. The van der Waals surface area contributed by atoms with Gasteiger partial charge < -0.3 is 4.74 Å². The predicted molar refractivity (Wildman–Crippen MR) is 76.9 cm³/mol. The van der Waals surface area contributed by atoms with Crippen molar-refractivity contribution in [1.29, 1.82) is 0 Å². The Morgan fingerprint density at radius 2 is 2.24 bits per heavy atom. The molecule has 3 heterocycles. The van der Waals surface area contributed by atoms with Crippen LogP contribution < -0.4 is 5.56 Å². The molecule has 2 atom stereocenters. The highest BCUT2D eigenvalue weighted by molar-refractivity contribution is 5.78. The maximum Gasteiger partial charge on any atom is 0.323 e. The Morgan fingerprint density at radius 1 is 1.43 bits per heavy atom. The van der Waals surface area contributed by atoms with E-state index in [2.05, 4.69) is 10.00 Å². The molecular formula is C15H21N3O3. The lowest BCUT2D eigenvalue weighted by Crippen LogP contribution is -2.43. The van der Waals surface area contributed by atoms with E-state index in [0.29, 0.717) is 13.1 Å². The summed E-state index contributed by atoms with van der Waals surface area (Å²) in [7, 11) is 0. The van der Waals surface area contributed by atoms with Crippen LogP contribution in [0.5, 0.6) is 0 Å². The SMILES string of the molecule is CCCn1nc2c(cc1=O)CN([C@@H]1C[C@@H](C)OC1=O)CC2. The highest BCUT2D eigenvalue weighted by Crippen LogP contribution is 2.25. The number of cyclic esters (lactones) is 1. The number of esters is 1. The van der Waals surface area contributed by atoms with Crippen LogP contribution in [0.15, 0.2) is 10.9 Å². The molecule has 2 aliphatic rings. The van der Waals surface area contributed by atoms with Gasteiger partial charge >= 0.3 is 5.97 Å². The molecule has 1 fully saturated rings. The summed E-state index contributed by atoms with van der Waals surface area (Å²) in [6.07, 6.45) is 2.38. The molecular weight excluding hydrogens is 270 g/mol. The normalized spacial score (nSPS) is 25.7. The Kier molecular flexibility index (Phi) is 3.80. The maximum absolute atomic E-state index is 12.0. The van der Waals surface area contributed by atoms with Crippen LogP contribution in [0.25, 0.3) is 0 Å². The van der Waals surface area contributed by atoms with Crippen LogP contribution in [-0.2, 0) is 29.0 Å². The van der Waals surface area contributed by atoms with Gasteiger partial charge in [0.1, 0.15) is 12.1 Å². The number of carbonyl (C=O) groups is 1. The van der Waals surface area contributed by atoms with Gasteiger partial charge in [-0.25, -0.2) is 4.68 Å². The Hall–Kier alpha value is -1.69. The van der Waals surface area contributed by atoms with Crippen molar-refractivity contribution in [2.75, 3.05) is 6.54 Å². The summed E-state index contributed by atoms with van der Waals surface area (Å²) in [5.41, 5.74) is 1.88. The van der Waals surface area contributed by atoms with E-state index in [0.717, 1.165) is 37.1 Å². The fourth-order valence-corrected chi connectivity index (χ4v) is 3.13. The molecule has 6 nitrogen and oxygen atoms in total. The number of aryl methyl sites for hydroxylation is 1. The van der Waals surface area contributed by atoms with Gasteiger partial charge in [-0.2, -0.15) is 5.10 Å². The molecule has 0 aliphatic carbocycles. The van der Waals surface area contributed by atoms with Crippen LogP contribution in [0, 0.1) is 0 Å². The topological polar surface area (TPSA) is 64.4 Å². The molecule has 0 amide bonds. The van der Waals surface area contributed by atoms with Crippen molar-refractivity contribution in [2.45, 2.75) is 58.3 Å². The quantitative estimate of drug-likeness (QED) is 0.768. The second kappa shape index (κ2) is 5.60. The monoisotopic (exact) mass is 291 g/mol. The molecule has 21 heavy (non-hydrogen) atoms. The average molecular weight is 291 g/mol. The number of fused-ring (bicyclic) bond motifs is 1. The molecule has 0 spiro atoms. The van der Waals surface area contributed by atoms with E-state index in [1.165, 1.54) is 0 Å². The number of carbonyl (C=O) groups excluding carboxylic acids is 1. The molecule has 3 rings (SSSR count). The summed E-state index contributed by atoms with van der Waals surface area (Å²) in [4.78, 5) is 26.0. The molecule has 114 valence electrons. The van der Waals surface area contributed by atoms with Crippen molar-refractivity contribution in [3.05, 3.63) is 27.7 Å². The minimum Gasteiger partial charge on any atom is -0.461 e. The lowest BCUT2D eigenvalue weighted by atomic mass is 10.0. The van der Waals surface area contributed by atoms with Crippen molar-refractivity contribution in [1.82, 2.24) is 14.7 Å². The minimum atomic E-state index is -0.175. The number of hydrogen-bond donors (Lipinski definition) is 0. The molecule has 2 aliphatic heterocycles. The molecule has 1 saturated heterocycles. The number of aromatic nitrogens is 2. The van der Waals surface area contributed by atoms with Gasteiger partial charge in [-0.3, -0.25) is 14.5 Å². The van der Waals surface area contributed by atoms with Crippen LogP contribution >= 0.6 is 0 Å². The first-order chi connectivity index (χ1) is 10.1. The zero-order valence-electron chi connectivity index (χ0n) is 12.5. The summed E-state index contributed by atoms with van der Waals surface area (Å²) in [5, 5.41) is 4.46. The molecule has 1 aromatic rings. The van der Waals surface area contributed by atoms with E-state index in [-0.39, 0.29) is 23.7 Å². The minimum absolute atomic E-state index is 0.0143. The van der Waals surface area contributed by atoms with E-state index >= 15 is 0 Å². The lowest BCUT2D eigenvalue weighted by Gasteiger charge is -2.31. The van der Waals surface area contributed by atoms with Crippen LogP contribution in [-0.4, -0.2) is 39.3 Å². The first-order valence-corrected chi connectivity index (χ1v) is 7.63. The lowest BCUT2D eigenvalue weighted by molar-refractivity contribution is -0.145. The average Bonchev–Trinajstić information content (AvgIpc) is 2.78. The molecule has 0 aromatic carbocycles. The summed E-state index contributed by atoms with van der Waals surface area (Å²) >= 11 is 0. The predicted octanol–water partition coefficient (Wildman–Crippen LogP) is 0.715. The van der Waals surface area contributed by atoms with Gasteiger partial charge in [0.2, 0.25) is 0 Å². The van der Waals surface area contributed by atoms with Gasteiger partial charge in [0, 0.05) is 38.5 Å². The van der Waals surface area contributed by atoms with Crippen molar-refractivity contribution in [3.63, 3.8) is 0 Å². The van der Waals surface area contributed by atoms with E-state index in [1.54, 1.807) is 10.7 Å². The van der Waals surface area contributed by atoms with Crippen molar-refractivity contribution < 1.29 is 9.53 Å². The summed E-state index contributed by atoms with van der Waals surface area (Å²) < 4.78 is 6.77. The third kappa shape index (κ3) is 2.72. The zero-order valence-corrected chi connectivity index (χ0v) is 12.5. The molecule has 0 radical (unpaired) electrons. The van der Waals surface area contributed by atoms with Gasteiger partial charge in [0.15, 0.2) is 0 Å². The van der Waals surface area contributed by atoms with E-state index in [4.69, 9.17) is 4.74 Å². The standard InChI is InChI=1S/C15H21N3O3/c1-3-5-18-14(19)8-11-9-17(6-4-12(11)16-18)13-7-10(2)21-15(13)20/h8,10,13H,3-7,9H2,1-2H3/t10-,13-/m1/s1. The Morgan fingerprint density at radius 3 is 2.90 bits per heavy atom. The first-order valence-electron chi connectivity index (χ1n) is 7.63. The third-order valence-corrected chi connectivity index (χ3v) is 4.19. The van der Waals surface area contributed by atoms with Crippen LogP contribution in [0.4, 0.5) is 0 Å². The largest absolute Gasteiger partial charge is 0.461 e. The van der Waals surface area contributed by atoms with Crippen molar-refractivity contribution in [2.24, 2.45) is 0 Å². The van der Waals surface area contributed by atoms with Crippen LogP contribution in [0.1, 0.15) is 37.9 Å². The Labute approximate surface area is 123 Å². The molecule has 0 unspecified atom stereocenters. The fourth-order valence-electron chi connectivity index (χ4n) is 3.13.